The average molecular weight is 296 g/mol. The maximum atomic E-state index is 10.3. The summed E-state index contributed by atoms with van der Waals surface area (Å²) < 4.78 is 0.945. The molecule has 0 spiro atoms. The van der Waals surface area contributed by atoms with Gasteiger partial charge in [-0.25, -0.2) is 0 Å². The molecule has 0 amide bonds. The van der Waals surface area contributed by atoms with Crippen molar-refractivity contribution in [3.05, 3.63) is 40.1 Å². The molecule has 1 aliphatic rings. The Morgan fingerprint density at radius 1 is 1.18 bits per heavy atom. The number of hydrogen-bond donors (Lipinski definition) is 1. The highest BCUT2D eigenvalue weighted by Crippen LogP contribution is 2.27. The second kappa shape index (κ2) is 6.31. The van der Waals surface area contributed by atoms with E-state index in [2.05, 4.69) is 27.0 Å². The van der Waals surface area contributed by atoms with Gasteiger partial charge in [-0.1, -0.05) is 18.9 Å². The molecule has 1 unspecified atom stereocenters. The van der Waals surface area contributed by atoms with Gasteiger partial charge in [0.05, 0.1) is 5.69 Å². The third-order valence-corrected chi connectivity index (χ3v) is 3.68. The molecular weight excluding hydrogens is 278 g/mol. The summed E-state index contributed by atoms with van der Waals surface area (Å²) in [4.78, 5) is 4.27. The van der Waals surface area contributed by atoms with Crippen molar-refractivity contribution >= 4 is 15.9 Å². The van der Waals surface area contributed by atoms with Gasteiger partial charge in [-0.15, -0.1) is 0 Å². The first-order valence-electron chi connectivity index (χ1n) is 6.26. The minimum absolute atomic E-state index is 0.527. The summed E-state index contributed by atoms with van der Waals surface area (Å²) in [7, 11) is 0. The van der Waals surface area contributed by atoms with Gasteiger partial charge in [0, 0.05) is 10.7 Å². The second-order valence-corrected chi connectivity index (χ2v) is 5.45. The molecule has 2 nitrogen and oxygen atoms in total. The zero-order valence-electron chi connectivity index (χ0n) is 9.90. The molecule has 1 aromatic heterocycles. The van der Waals surface area contributed by atoms with Gasteiger partial charge in [0.1, 0.15) is 6.10 Å². The van der Waals surface area contributed by atoms with Crippen molar-refractivity contribution in [1.82, 2.24) is 4.98 Å². The highest BCUT2D eigenvalue weighted by Gasteiger charge is 2.15. The molecule has 92 valence electrons. The molecule has 1 aromatic rings. The van der Waals surface area contributed by atoms with Crippen LogP contribution in [0.3, 0.4) is 0 Å². The van der Waals surface area contributed by atoms with E-state index in [9.17, 15) is 5.11 Å². The zero-order valence-corrected chi connectivity index (χ0v) is 11.5. The highest BCUT2D eigenvalue weighted by molar-refractivity contribution is 9.10. The topological polar surface area (TPSA) is 33.1 Å². The van der Waals surface area contributed by atoms with Crippen molar-refractivity contribution in [2.75, 3.05) is 0 Å². The number of pyridine rings is 1. The largest absolute Gasteiger partial charge is 0.382 e. The molecule has 0 radical (unpaired) electrons. The van der Waals surface area contributed by atoms with E-state index in [4.69, 9.17) is 0 Å². The number of aliphatic hydroxyl groups excluding tert-OH is 1. The lowest BCUT2D eigenvalue weighted by Crippen LogP contribution is -2.05. The Morgan fingerprint density at radius 2 is 2.00 bits per heavy atom. The number of rotatable bonds is 2. The highest BCUT2D eigenvalue weighted by atomic mass is 79.9. The smallest absolute Gasteiger partial charge is 0.117 e. The molecular formula is C14H18BrNO. The van der Waals surface area contributed by atoms with Gasteiger partial charge in [0.15, 0.2) is 0 Å². The summed E-state index contributed by atoms with van der Waals surface area (Å²) in [6, 6.07) is 3.81. The Kier molecular flexibility index (Phi) is 4.75. The van der Waals surface area contributed by atoms with E-state index in [0.29, 0.717) is 0 Å². The van der Waals surface area contributed by atoms with Crippen LogP contribution in [0.4, 0.5) is 0 Å². The van der Waals surface area contributed by atoms with Crippen LogP contribution < -0.4 is 0 Å². The number of halogens is 1. The van der Waals surface area contributed by atoms with E-state index >= 15 is 0 Å². The molecule has 1 N–H and O–H groups in total. The lowest BCUT2D eigenvalue weighted by Gasteiger charge is -2.17. The van der Waals surface area contributed by atoms with Crippen LogP contribution >= 0.6 is 15.9 Å². The Morgan fingerprint density at radius 3 is 2.76 bits per heavy atom. The fourth-order valence-electron chi connectivity index (χ4n) is 2.20. The Bertz CT molecular complexity index is 386. The van der Waals surface area contributed by atoms with Crippen molar-refractivity contribution in [1.29, 1.82) is 0 Å². The Hall–Kier alpha value is -0.670. The minimum atomic E-state index is -0.527. The molecule has 1 atom stereocenters. The van der Waals surface area contributed by atoms with Gasteiger partial charge < -0.3 is 5.11 Å². The Balaban J connectivity index is 2.11. The van der Waals surface area contributed by atoms with Crippen molar-refractivity contribution in [3.8, 4) is 0 Å². The van der Waals surface area contributed by atoms with Crippen molar-refractivity contribution < 1.29 is 5.11 Å². The molecule has 0 bridgehead atoms. The van der Waals surface area contributed by atoms with Gasteiger partial charge in [-0.2, -0.15) is 0 Å². The first-order chi connectivity index (χ1) is 8.27. The summed E-state index contributed by atoms with van der Waals surface area (Å²) in [5.41, 5.74) is 1.89. The fraction of sp³-hybridized carbons (Fsp3) is 0.500. The number of hydrogen-bond acceptors (Lipinski definition) is 2. The maximum Gasteiger partial charge on any atom is 0.117 e. The molecule has 2 rings (SSSR count). The van der Waals surface area contributed by atoms with E-state index in [0.717, 1.165) is 28.6 Å². The summed E-state index contributed by atoms with van der Waals surface area (Å²) >= 11 is 3.35. The monoisotopic (exact) mass is 295 g/mol. The summed E-state index contributed by atoms with van der Waals surface area (Å²) in [5.74, 6) is 0. The lowest BCUT2D eigenvalue weighted by molar-refractivity contribution is 0.204. The number of nitrogens with zero attached hydrogens (tertiary/aromatic N) is 1. The van der Waals surface area contributed by atoms with Crippen LogP contribution in [0.1, 0.15) is 50.3 Å². The first kappa shape index (κ1) is 12.8. The molecule has 3 heteroatoms. The summed E-state index contributed by atoms with van der Waals surface area (Å²) in [6.45, 7) is 0. The fourth-order valence-corrected chi connectivity index (χ4v) is 2.44. The van der Waals surface area contributed by atoms with Crippen LogP contribution in [0.15, 0.2) is 34.5 Å². The van der Waals surface area contributed by atoms with E-state index < -0.39 is 6.10 Å². The third-order valence-electron chi connectivity index (χ3n) is 3.21. The molecule has 0 saturated heterocycles. The van der Waals surface area contributed by atoms with Gasteiger partial charge >= 0.3 is 0 Å². The summed E-state index contributed by atoms with van der Waals surface area (Å²) in [5, 5.41) is 10.3. The molecule has 17 heavy (non-hydrogen) atoms. The Labute approximate surface area is 111 Å². The van der Waals surface area contributed by atoms with Gasteiger partial charge in [0.25, 0.3) is 0 Å². The predicted molar refractivity (Wildman–Crippen MR) is 72.7 cm³/mol. The lowest BCUT2D eigenvalue weighted by atomic mass is 9.95. The van der Waals surface area contributed by atoms with E-state index in [1.165, 1.54) is 25.7 Å². The quantitative estimate of drug-likeness (QED) is 0.831. The minimum Gasteiger partial charge on any atom is -0.382 e. The molecule has 1 heterocycles. The van der Waals surface area contributed by atoms with Gasteiger partial charge in [-0.05, 0) is 59.3 Å². The van der Waals surface area contributed by atoms with Crippen LogP contribution in [0.5, 0.6) is 0 Å². The standard InChI is InChI=1S/C14H18BrNO/c15-12-8-9-13(16-10-12)14(17)11-6-4-2-1-3-5-7-11/h6,8-10,14,17H,1-5,7H2/b11-6+. The molecule has 0 aliphatic heterocycles. The van der Waals surface area contributed by atoms with Crippen molar-refractivity contribution in [2.24, 2.45) is 0 Å². The van der Waals surface area contributed by atoms with Gasteiger partial charge in [-0.3, -0.25) is 4.98 Å². The predicted octanol–water partition coefficient (Wildman–Crippen LogP) is 4.16. The number of aromatic nitrogens is 1. The first-order valence-corrected chi connectivity index (χ1v) is 7.05. The van der Waals surface area contributed by atoms with Crippen molar-refractivity contribution in [2.45, 2.75) is 44.6 Å². The summed E-state index contributed by atoms with van der Waals surface area (Å²) in [6.07, 6.45) is 10.5. The average Bonchev–Trinajstić information content (AvgIpc) is 2.29. The molecule has 0 saturated carbocycles. The molecule has 0 fully saturated rings. The van der Waals surface area contributed by atoms with Crippen LogP contribution in [0.2, 0.25) is 0 Å². The number of allylic oxidation sites excluding steroid dienone is 1. The van der Waals surface area contributed by atoms with E-state index in [-0.39, 0.29) is 0 Å². The van der Waals surface area contributed by atoms with Crippen LogP contribution in [0, 0.1) is 0 Å². The van der Waals surface area contributed by atoms with Gasteiger partial charge in [0.2, 0.25) is 0 Å². The van der Waals surface area contributed by atoms with Crippen LogP contribution in [-0.4, -0.2) is 10.1 Å². The molecule has 0 aromatic carbocycles. The maximum absolute atomic E-state index is 10.3. The normalized spacial score (nSPS) is 22.1. The van der Waals surface area contributed by atoms with Crippen LogP contribution in [0.25, 0.3) is 0 Å². The van der Waals surface area contributed by atoms with Crippen molar-refractivity contribution in [3.63, 3.8) is 0 Å². The van der Waals surface area contributed by atoms with Crippen LogP contribution in [-0.2, 0) is 0 Å². The zero-order chi connectivity index (χ0) is 12.1. The van der Waals surface area contributed by atoms with E-state index in [1.54, 1.807) is 6.20 Å². The van der Waals surface area contributed by atoms with E-state index in [1.807, 2.05) is 12.1 Å². The second-order valence-electron chi connectivity index (χ2n) is 4.54. The number of aliphatic hydroxyl groups is 1. The third kappa shape index (κ3) is 3.65. The SMILES string of the molecule is OC(/C1=C/CCCCCC1)c1ccc(Br)cn1. The molecule has 1 aliphatic carbocycles.